The summed E-state index contributed by atoms with van der Waals surface area (Å²) in [6.07, 6.45) is 0.583. The van der Waals surface area contributed by atoms with E-state index in [-0.39, 0.29) is 37.5 Å². The normalized spacial score (nSPS) is 23.1. The van der Waals surface area contributed by atoms with Gasteiger partial charge in [-0.2, -0.15) is 0 Å². The Kier molecular flexibility index (Phi) is 12.0. The molecule has 0 saturated carbocycles. The van der Waals surface area contributed by atoms with Gasteiger partial charge in [0.2, 0.25) is 29.5 Å². The zero-order valence-electron chi connectivity index (χ0n) is 25.6. The predicted octanol–water partition coefficient (Wildman–Crippen LogP) is -0.177. The van der Waals surface area contributed by atoms with E-state index in [4.69, 9.17) is 4.52 Å². The molecule has 1 saturated heterocycles. The first-order chi connectivity index (χ1) is 20.8. The van der Waals surface area contributed by atoms with E-state index in [0.29, 0.717) is 12.2 Å². The van der Waals surface area contributed by atoms with Crippen molar-refractivity contribution in [3.63, 3.8) is 0 Å². The minimum Gasteiger partial charge on any atom is -0.361 e. The highest BCUT2D eigenvalue weighted by atomic mass is 16.5. The van der Waals surface area contributed by atoms with Gasteiger partial charge in [0.25, 0.3) is 5.91 Å². The SMILES string of the molecule is Cc1cc(C(=O)N[C@H]2CCCNC(=O)CN(C)C(=O)[C@H](Cc3ccccc3)NC(=O)[C@@H](C)NC(=O)[C@@H](C(C)C)NC2=O)no1. The number of amides is 6. The van der Waals surface area contributed by atoms with Gasteiger partial charge < -0.3 is 36.0 Å². The fourth-order valence-corrected chi connectivity index (χ4v) is 4.63. The van der Waals surface area contributed by atoms with Gasteiger partial charge in [-0.25, -0.2) is 0 Å². The van der Waals surface area contributed by atoms with Gasteiger partial charge >= 0.3 is 0 Å². The van der Waals surface area contributed by atoms with E-state index in [1.165, 1.54) is 24.9 Å². The van der Waals surface area contributed by atoms with Crippen LogP contribution >= 0.6 is 0 Å². The molecule has 2 heterocycles. The summed E-state index contributed by atoms with van der Waals surface area (Å²) in [6, 6.07) is 6.34. The molecule has 1 fully saturated rings. The van der Waals surface area contributed by atoms with Crippen LogP contribution in [0, 0.1) is 12.8 Å². The van der Waals surface area contributed by atoms with E-state index in [0.717, 1.165) is 5.56 Å². The molecule has 0 spiro atoms. The van der Waals surface area contributed by atoms with Crippen molar-refractivity contribution in [1.29, 1.82) is 0 Å². The maximum atomic E-state index is 13.4. The van der Waals surface area contributed by atoms with E-state index in [2.05, 4.69) is 31.7 Å². The lowest BCUT2D eigenvalue weighted by Crippen LogP contribution is -2.59. The molecule has 0 bridgehead atoms. The van der Waals surface area contributed by atoms with Crippen molar-refractivity contribution < 1.29 is 33.3 Å². The molecule has 1 aromatic heterocycles. The first kappa shape index (κ1) is 33.7. The molecule has 14 heteroatoms. The highest BCUT2D eigenvalue weighted by molar-refractivity contribution is 5.98. The number of likely N-dealkylation sites (N-methyl/N-ethyl adjacent to an activating group) is 1. The summed E-state index contributed by atoms with van der Waals surface area (Å²) < 4.78 is 4.95. The van der Waals surface area contributed by atoms with E-state index >= 15 is 0 Å². The standard InChI is InChI=1S/C30H41N7O7/c1-17(2)25-29(42)32-19(4)26(39)34-23(15-20-10-7-6-8-11-20)30(43)37(5)16-24(38)31-13-9-12-21(27(40)35-25)33-28(41)22-14-18(3)44-36-22/h6-8,10-11,14,17,19,21,23,25H,9,12-13,15-16H2,1-5H3,(H,31,38)(H,32,42)(H,33,41)(H,34,39)(H,35,40)/t19-,21+,23+,25-/m1/s1. The molecular formula is C30H41N7O7. The molecule has 14 nitrogen and oxygen atoms in total. The van der Waals surface area contributed by atoms with Crippen molar-refractivity contribution >= 4 is 35.4 Å². The van der Waals surface area contributed by atoms with Gasteiger partial charge in [0.1, 0.15) is 29.9 Å². The Labute approximate surface area is 256 Å². The zero-order chi connectivity index (χ0) is 32.4. The summed E-state index contributed by atoms with van der Waals surface area (Å²) in [5.74, 6) is -3.37. The molecule has 4 atom stereocenters. The van der Waals surface area contributed by atoms with E-state index in [1.54, 1.807) is 20.8 Å². The Morgan fingerprint density at radius 1 is 1.05 bits per heavy atom. The molecule has 6 amide bonds. The third-order valence-electron chi connectivity index (χ3n) is 7.13. The molecule has 1 aliphatic heterocycles. The van der Waals surface area contributed by atoms with Crippen LogP contribution in [0.3, 0.4) is 0 Å². The van der Waals surface area contributed by atoms with Crippen LogP contribution in [0.15, 0.2) is 40.9 Å². The highest BCUT2D eigenvalue weighted by Crippen LogP contribution is 2.09. The zero-order valence-corrected chi connectivity index (χ0v) is 25.6. The number of hydrogen-bond acceptors (Lipinski definition) is 8. The van der Waals surface area contributed by atoms with Gasteiger partial charge in [0, 0.05) is 26.1 Å². The molecule has 0 unspecified atom stereocenters. The predicted molar refractivity (Wildman–Crippen MR) is 159 cm³/mol. The van der Waals surface area contributed by atoms with Crippen LogP contribution in [-0.4, -0.2) is 89.8 Å². The quantitative estimate of drug-likeness (QED) is 0.308. The summed E-state index contributed by atoms with van der Waals surface area (Å²) in [7, 11) is 1.46. The van der Waals surface area contributed by atoms with Crippen molar-refractivity contribution in [2.75, 3.05) is 20.1 Å². The van der Waals surface area contributed by atoms with Crippen molar-refractivity contribution in [3.8, 4) is 0 Å². The van der Waals surface area contributed by atoms with Gasteiger partial charge in [0.05, 0.1) is 6.54 Å². The van der Waals surface area contributed by atoms with Gasteiger partial charge in [-0.15, -0.1) is 0 Å². The largest absolute Gasteiger partial charge is 0.361 e. The fraction of sp³-hybridized carbons (Fsp3) is 0.500. The molecule has 1 aliphatic rings. The van der Waals surface area contributed by atoms with Gasteiger partial charge in [-0.05, 0) is 38.2 Å². The van der Waals surface area contributed by atoms with Crippen molar-refractivity contribution in [3.05, 3.63) is 53.4 Å². The highest BCUT2D eigenvalue weighted by Gasteiger charge is 2.32. The molecule has 0 radical (unpaired) electrons. The molecular weight excluding hydrogens is 570 g/mol. The lowest BCUT2D eigenvalue weighted by Gasteiger charge is -2.28. The summed E-state index contributed by atoms with van der Waals surface area (Å²) in [4.78, 5) is 79.9. The van der Waals surface area contributed by atoms with Gasteiger partial charge in [-0.3, -0.25) is 28.8 Å². The topological polar surface area (TPSA) is 192 Å². The van der Waals surface area contributed by atoms with Crippen LogP contribution in [0.5, 0.6) is 0 Å². The Hall–Kier alpha value is -4.75. The monoisotopic (exact) mass is 611 g/mol. The maximum absolute atomic E-state index is 13.4. The van der Waals surface area contributed by atoms with Crippen molar-refractivity contribution in [2.45, 2.75) is 71.1 Å². The van der Waals surface area contributed by atoms with Crippen LogP contribution in [0.2, 0.25) is 0 Å². The second-order valence-electron chi connectivity index (χ2n) is 11.2. The first-order valence-corrected chi connectivity index (χ1v) is 14.6. The average Bonchev–Trinajstić information content (AvgIpc) is 3.42. The Morgan fingerprint density at radius 2 is 1.75 bits per heavy atom. The van der Waals surface area contributed by atoms with Crippen LogP contribution in [0.1, 0.15) is 55.4 Å². The number of nitrogens with one attached hydrogen (secondary N) is 5. The Morgan fingerprint density at radius 3 is 2.39 bits per heavy atom. The number of aryl methyl sites for hydroxylation is 1. The first-order valence-electron chi connectivity index (χ1n) is 14.6. The molecule has 2 aromatic rings. The second-order valence-corrected chi connectivity index (χ2v) is 11.2. The van der Waals surface area contributed by atoms with Crippen LogP contribution in [0.4, 0.5) is 0 Å². The third kappa shape index (κ3) is 9.64. The summed E-state index contributed by atoms with van der Waals surface area (Å²) in [6.45, 7) is 6.43. The lowest BCUT2D eigenvalue weighted by atomic mass is 10.0. The lowest BCUT2D eigenvalue weighted by molar-refractivity contribution is -0.139. The van der Waals surface area contributed by atoms with Crippen LogP contribution in [-0.2, 0) is 30.4 Å². The van der Waals surface area contributed by atoms with Crippen LogP contribution in [0.25, 0.3) is 0 Å². The van der Waals surface area contributed by atoms with E-state index in [1.807, 2.05) is 30.3 Å². The van der Waals surface area contributed by atoms with Crippen molar-refractivity contribution in [1.82, 2.24) is 36.6 Å². The minimum absolute atomic E-state index is 0.0145. The number of hydrogen-bond donors (Lipinski definition) is 5. The molecule has 3 rings (SSSR count). The molecule has 0 aliphatic carbocycles. The Bertz CT molecular complexity index is 1340. The molecule has 5 N–H and O–H groups in total. The third-order valence-corrected chi connectivity index (χ3v) is 7.13. The number of aromatic nitrogens is 1. The van der Waals surface area contributed by atoms with Crippen molar-refractivity contribution in [2.24, 2.45) is 5.92 Å². The minimum atomic E-state index is -1.08. The summed E-state index contributed by atoms with van der Waals surface area (Å²) >= 11 is 0. The number of rotatable bonds is 5. The molecule has 238 valence electrons. The smallest absolute Gasteiger partial charge is 0.274 e. The van der Waals surface area contributed by atoms with Gasteiger partial charge in [0.15, 0.2) is 5.69 Å². The number of carbonyl (C=O) groups is 6. The van der Waals surface area contributed by atoms with E-state index < -0.39 is 59.6 Å². The van der Waals surface area contributed by atoms with E-state index in [9.17, 15) is 28.8 Å². The van der Waals surface area contributed by atoms with Crippen LogP contribution < -0.4 is 26.6 Å². The number of benzene rings is 1. The summed E-state index contributed by atoms with van der Waals surface area (Å²) in [5.41, 5.74) is 0.782. The molecule has 44 heavy (non-hydrogen) atoms. The number of nitrogens with zero attached hydrogens (tertiary/aromatic N) is 2. The summed E-state index contributed by atoms with van der Waals surface area (Å²) in [5, 5.41) is 17.0. The Balaban J connectivity index is 1.84. The molecule has 1 aromatic carbocycles. The number of carbonyl (C=O) groups excluding carboxylic acids is 6. The van der Waals surface area contributed by atoms with Gasteiger partial charge in [-0.1, -0.05) is 49.3 Å². The second kappa shape index (κ2) is 15.6. The fourth-order valence-electron chi connectivity index (χ4n) is 4.63. The average molecular weight is 612 g/mol. The maximum Gasteiger partial charge on any atom is 0.274 e.